The molecule has 16 nitrogen and oxygen atoms in total. The molecule has 0 aliphatic carbocycles. The Morgan fingerprint density at radius 3 is 0.481 bits per heavy atom. The zero-order valence-corrected chi connectivity index (χ0v) is 21.1. The number of rotatable bonds is 2. The zero-order valence-electron chi connectivity index (χ0n) is 14.5. The van der Waals surface area contributed by atoms with Gasteiger partial charge in [0.1, 0.15) is 12.6 Å². The molecule has 27 heavy (non-hydrogen) atoms. The molecule has 0 atom stereocenters. The van der Waals surface area contributed by atoms with Crippen molar-refractivity contribution in [2.45, 2.75) is 45.4 Å². The van der Waals surface area contributed by atoms with Crippen LogP contribution in [0, 0.1) is 0 Å². The SMILES string of the molecule is CC(O)O.CC(O)O.OC(O)CC(O)O.[NH2-].[NH2-].[NH2-].[NH2-].[NH2-].[NH2-].[NH2-].[NH2-].[Rh+2].[Rh+2].[Rh+2].[Rh+2]. The summed E-state index contributed by atoms with van der Waals surface area (Å²) in [7, 11) is 0. The van der Waals surface area contributed by atoms with Crippen LogP contribution in [0.3, 0.4) is 0 Å². The summed E-state index contributed by atoms with van der Waals surface area (Å²) in [5.74, 6) is 0. The summed E-state index contributed by atoms with van der Waals surface area (Å²) in [6.07, 6.45) is -6.00. The van der Waals surface area contributed by atoms with Crippen molar-refractivity contribution >= 4 is 0 Å². The van der Waals surface area contributed by atoms with Crippen LogP contribution in [0.15, 0.2) is 0 Å². The van der Waals surface area contributed by atoms with Gasteiger partial charge in [0.15, 0.2) is 12.6 Å². The van der Waals surface area contributed by atoms with Gasteiger partial charge in [-0.25, -0.2) is 0 Å². The second kappa shape index (κ2) is 91.0. The maximum atomic E-state index is 7.96. The van der Waals surface area contributed by atoms with Crippen LogP contribution in [0.4, 0.5) is 0 Å². The largest absolute Gasteiger partial charge is 2.00 e. The van der Waals surface area contributed by atoms with Gasteiger partial charge in [0.2, 0.25) is 0 Å². The molecular weight excluding hydrogens is 736 g/mol. The van der Waals surface area contributed by atoms with Gasteiger partial charge in [-0.3, -0.25) is 0 Å². The third-order valence-electron chi connectivity index (χ3n) is 0.422. The van der Waals surface area contributed by atoms with Crippen molar-refractivity contribution in [2.24, 2.45) is 0 Å². The predicted molar refractivity (Wildman–Crippen MR) is 91.1 cm³/mol. The minimum Gasteiger partial charge on any atom is -0.693 e. The molecule has 0 aromatic carbocycles. The maximum Gasteiger partial charge on any atom is 2.00 e. The smallest absolute Gasteiger partial charge is 0.693 e. The molecule has 0 aliphatic rings. The molecule has 0 spiro atoms. The minimum atomic E-state index is -1.63. The third kappa shape index (κ3) is 543. The summed E-state index contributed by atoms with van der Waals surface area (Å²) >= 11 is 0. The Bertz CT molecular complexity index is 123. The Hall–Kier alpha value is 1.85. The average Bonchev–Trinajstić information content (AvgIpc) is 1.78. The van der Waals surface area contributed by atoms with E-state index in [2.05, 4.69) is 0 Å². The van der Waals surface area contributed by atoms with E-state index in [0.717, 1.165) is 0 Å². The van der Waals surface area contributed by atoms with E-state index in [4.69, 9.17) is 40.9 Å². The normalized spacial score (nSPS) is 5.56. The van der Waals surface area contributed by atoms with E-state index in [1.807, 2.05) is 0 Å². The van der Waals surface area contributed by atoms with Crippen LogP contribution < -0.4 is 0 Å². The molecule has 20 heteroatoms. The first-order chi connectivity index (χ1) is 6.59. The second-order valence-electron chi connectivity index (χ2n) is 2.46. The first-order valence-corrected chi connectivity index (χ1v) is 4.04. The van der Waals surface area contributed by atoms with Gasteiger partial charge >= 0.3 is 77.9 Å². The Kier molecular flexibility index (Phi) is 393. The standard InChI is InChI=1S/C3H8O4.2C2H6O2.8H2N.4Rh/c4-2(5)1-3(6)7;2*1-2(3)4;;;;;;;;;;;;/h2-7H,1H2;2*2-4H,1H3;8*1H2;;;;/q;;;8*-1;4*+2. The molecule has 0 unspecified atom stereocenters. The Labute approximate surface area is 212 Å². The van der Waals surface area contributed by atoms with Gasteiger partial charge in [-0.15, -0.1) is 0 Å². The minimum absolute atomic E-state index is 0. The fourth-order valence-corrected chi connectivity index (χ4v) is 0.189. The molecule has 0 aromatic heterocycles. The van der Waals surface area contributed by atoms with Crippen molar-refractivity contribution in [3.8, 4) is 0 Å². The average molecular weight is 772 g/mol. The maximum absolute atomic E-state index is 7.96. The zero-order chi connectivity index (χ0) is 13.0. The number of hydrogen-bond donors (Lipinski definition) is 8. The summed E-state index contributed by atoms with van der Waals surface area (Å²) in [4.78, 5) is 0. The summed E-state index contributed by atoms with van der Waals surface area (Å²) < 4.78 is 0. The van der Waals surface area contributed by atoms with E-state index < -0.39 is 31.6 Å². The summed E-state index contributed by atoms with van der Waals surface area (Å²) in [6.45, 7) is 2.56. The van der Waals surface area contributed by atoms with Crippen LogP contribution >= 0.6 is 0 Å². The monoisotopic (exact) mass is 772 g/mol. The number of aliphatic hydroxyl groups is 8. The molecule has 0 bridgehead atoms. The van der Waals surface area contributed by atoms with Crippen molar-refractivity contribution in [2.75, 3.05) is 0 Å². The van der Waals surface area contributed by atoms with Crippen molar-refractivity contribution < 1.29 is 119 Å². The molecule has 0 saturated heterocycles. The fraction of sp³-hybridized carbons (Fsp3) is 1.00. The van der Waals surface area contributed by atoms with E-state index in [1.165, 1.54) is 13.8 Å². The molecule has 4 radical (unpaired) electrons. The Morgan fingerprint density at radius 2 is 0.481 bits per heavy atom. The number of hydrogen-bond acceptors (Lipinski definition) is 8. The topological polar surface area (TPSA) is 430 Å². The van der Waals surface area contributed by atoms with E-state index >= 15 is 0 Å². The first-order valence-electron chi connectivity index (χ1n) is 4.04. The molecule has 188 valence electrons. The summed E-state index contributed by atoms with van der Waals surface area (Å²) in [6, 6.07) is 0. The third-order valence-corrected chi connectivity index (χ3v) is 0.422. The van der Waals surface area contributed by atoms with Gasteiger partial charge in [0.05, 0.1) is 0 Å². The van der Waals surface area contributed by atoms with Crippen molar-refractivity contribution in [3.05, 3.63) is 49.2 Å². The summed E-state index contributed by atoms with van der Waals surface area (Å²) in [5.41, 5.74) is 0. The van der Waals surface area contributed by atoms with Gasteiger partial charge in [0, 0.05) is 6.42 Å². The Balaban J connectivity index is -0.00000000518. The molecule has 0 fully saturated rings. The molecule has 0 aromatic rings. The van der Waals surface area contributed by atoms with Gasteiger partial charge in [-0.2, -0.15) is 0 Å². The van der Waals surface area contributed by atoms with Gasteiger partial charge < -0.3 is 90.1 Å². The second-order valence-corrected chi connectivity index (χ2v) is 2.46. The van der Waals surface area contributed by atoms with Crippen molar-refractivity contribution in [3.63, 3.8) is 0 Å². The van der Waals surface area contributed by atoms with Crippen LogP contribution in [0.1, 0.15) is 20.3 Å². The van der Waals surface area contributed by atoms with Crippen LogP contribution in [0.25, 0.3) is 49.2 Å². The molecule has 0 aliphatic heterocycles. The van der Waals surface area contributed by atoms with Crippen LogP contribution in [-0.2, 0) is 77.9 Å². The molecular formula is C7H36N8O8Rh4. The quantitative estimate of drug-likeness (QED) is 0.152. The Morgan fingerprint density at radius 1 is 0.407 bits per heavy atom. The molecule has 0 rings (SSSR count). The van der Waals surface area contributed by atoms with E-state index in [0.29, 0.717) is 0 Å². The molecule has 24 N–H and O–H groups in total. The summed E-state index contributed by atoms with van der Waals surface area (Å²) in [5, 5.41) is 62.3. The fourth-order valence-electron chi connectivity index (χ4n) is 0.189. The predicted octanol–water partition coefficient (Wildman–Crippen LogP) is 2.36. The van der Waals surface area contributed by atoms with Gasteiger partial charge in [0.25, 0.3) is 0 Å². The first kappa shape index (κ1) is 117. The number of nitrogens with two attached hydrogens (primary N) is 8. The molecule has 0 saturated carbocycles. The number of aliphatic hydroxyl groups excluding tert-OH is 4. The van der Waals surface area contributed by atoms with E-state index in [1.54, 1.807) is 0 Å². The van der Waals surface area contributed by atoms with Gasteiger partial charge in [-0.1, -0.05) is 0 Å². The van der Waals surface area contributed by atoms with Crippen molar-refractivity contribution in [1.82, 2.24) is 0 Å². The van der Waals surface area contributed by atoms with Crippen LogP contribution in [-0.4, -0.2) is 66.0 Å². The molecule has 0 heterocycles. The van der Waals surface area contributed by atoms with Crippen molar-refractivity contribution in [1.29, 1.82) is 0 Å². The molecule has 0 amide bonds. The van der Waals surface area contributed by atoms with Gasteiger partial charge in [-0.05, 0) is 13.8 Å². The van der Waals surface area contributed by atoms with E-state index in [-0.39, 0.29) is 127 Å². The van der Waals surface area contributed by atoms with E-state index in [9.17, 15) is 0 Å². The van der Waals surface area contributed by atoms with Crippen LogP contribution in [0.2, 0.25) is 0 Å². The van der Waals surface area contributed by atoms with Crippen LogP contribution in [0.5, 0.6) is 0 Å².